The van der Waals surface area contributed by atoms with E-state index >= 15 is 0 Å². The van der Waals surface area contributed by atoms with E-state index in [1.807, 2.05) is 14.2 Å². The first kappa shape index (κ1) is 15.5. The van der Waals surface area contributed by atoms with Crippen LogP contribution in [-0.2, 0) is 8.85 Å². The van der Waals surface area contributed by atoms with Crippen LogP contribution in [0.5, 0.6) is 0 Å². The lowest BCUT2D eigenvalue weighted by molar-refractivity contribution is 0.172. The Kier molecular flexibility index (Phi) is 5.50. The van der Waals surface area contributed by atoms with Crippen molar-refractivity contribution in [1.29, 1.82) is 0 Å². The van der Waals surface area contributed by atoms with Crippen molar-refractivity contribution in [2.45, 2.75) is 76.3 Å². The van der Waals surface area contributed by atoms with E-state index < -0.39 is 8.56 Å². The number of rotatable bonds is 4. The molecule has 0 heterocycles. The van der Waals surface area contributed by atoms with Gasteiger partial charge in [0, 0.05) is 25.3 Å². The minimum absolute atomic E-state index is 0.714. The van der Waals surface area contributed by atoms with Crippen LogP contribution in [-0.4, -0.2) is 22.8 Å². The Hall–Kier alpha value is 0.137. The van der Waals surface area contributed by atoms with Crippen molar-refractivity contribution in [3.63, 3.8) is 0 Å². The third-order valence-corrected chi connectivity index (χ3v) is 10.6. The summed E-state index contributed by atoms with van der Waals surface area (Å²) in [5, 5.41) is 0. The van der Waals surface area contributed by atoms with Gasteiger partial charge >= 0.3 is 8.56 Å². The van der Waals surface area contributed by atoms with Gasteiger partial charge in [0.15, 0.2) is 0 Å². The topological polar surface area (TPSA) is 18.5 Å². The van der Waals surface area contributed by atoms with Crippen LogP contribution < -0.4 is 0 Å². The molecule has 0 bridgehead atoms. The highest BCUT2D eigenvalue weighted by Crippen LogP contribution is 2.51. The maximum Gasteiger partial charge on any atom is 0.344 e. The van der Waals surface area contributed by atoms with Crippen molar-refractivity contribution >= 4 is 8.56 Å². The predicted octanol–water partition coefficient (Wildman–Crippen LogP) is 4.88. The van der Waals surface area contributed by atoms with E-state index in [0.717, 1.165) is 17.4 Å². The fourth-order valence-corrected chi connectivity index (χ4v) is 9.68. The van der Waals surface area contributed by atoms with Crippen LogP contribution >= 0.6 is 0 Å². The highest BCUT2D eigenvalue weighted by atomic mass is 28.4. The summed E-state index contributed by atoms with van der Waals surface area (Å²) in [5.74, 6) is 1.65. The monoisotopic (exact) mass is 284 g/mol. The molecule has 0 aromatic rings. The van der Waals surface area contributed by atoms with Gasteiger partial charge in [0.05, 0.1) is 0 Å². The lowest BCUT2D eigenvalue weighted by Gasteiger charge is -2.47. The third kappa shape index (κ3) is 3.08. The fourth-order valence-electron chi connectivity index (χ4n) is 4.74. The fraction of sp³-hybridized carbons (Fsp3) is 1.00. The third-order valence-electron chi connectivity index (χ3n) is 5.77. The van der Waals surface area contributed by atoms with Crippen molar-refractivity contribution in [2.24, 2.45) is 11.8 Å². The Morgan fingerprint density at radius 2 is 1.53 bits per heavy atom. The second kappa shape index (κ2) is 6.73. The van der Waals surface area contributed by atoms with Crippen molar-refractivity contribution in [3.05, 3.63) is 0 Å². The molecule has 2 rings (SSSR count). The minimum Gasteiger partial charge on any atom is -0.397 e. The zero-order valence-corrected chi connectivity index (χ0v) is 14.3. The van der Waals surface area contributed by atoms with E-state index in [1.54, 1.807) is 0 Å². The zero-order chi connectivity index (χ0) is 13.9. The molecule has 19 heavy (non-hydrogen) atoms. The van der Waals surface area contributed by atoms with Gasteiger partial charge in [-0.25, -0.2) is 0 Å². The van der Waals surface area contributed by atoms with Crippen molar-refractivity contribution in [3.8, 4) is 0 Å². The van der Waals surface area contributed by atoms with Crippen LogP contribution in [0, 0.1) is 11.8 Å². The average molecular weight is 285 g/mol. The van der Waals surface area contributed by atoms with Gasteiger partial charge in [0.2, 0.25) is 0 Å². The molecule has 0 radical (unpaired) electrons. The molecule has 0 saturated heterocycles. The van der Waals surface area contributed by atoms with E-state index in [9.17, 15) is 0 Å². The minimum atomic E-state index is -2.05. The largest absolute Gasteiger partial charge is 0.397 e. The van der Waals surface area contributed by atoms with Gasteiger partial charge in [-0.1, -0.05) is 46.0 Å². The molecule has 4 atom stereocenters. The molecule has 2 aliphatic carbocycles. The number of hydrogen-bond acceptors (Lipinski definition) is 2. The maximum absolute atomic E-state index is 6.20. The quantitative estimate of drug-likeness (QED) is 0.685. The molecule has 2 nitrogen and oxygen atoms in total. The van der Waals surface area contributed by atoms with E-state index in [2.05, 4.69) is 13.8 Å². The van der Waals surface area contributed by atoms with Gasteiger partial charge in [0.25, 0.3) is 0 Å². The van der Waals surface area contributed by atoms with Crippen LogP contribution in [0.2, 0.25) is 11.1 Å². The summed E-state index contributed by atoms with van der Waals surface area (Å²) in [6, 6.07) is 0. The summed E-state index contributed by atoms with van der Waals surface area (Å²) in [6.07, 6.45) is 10.9. The molecule has 0 N–H and O–H groups in total. The lowest BCUT2D eigenvalue weighted by Crippen LogP contribution is -2.53. The van der Waals surface area contributed by atoms with Crippen molar-refractivity contribution < 1.29 is 8.85 Å². The van der Waals surface area contributed by atoms with Gasteiger partial charge in [0.1, 0.15) is 0 Å². The lowest BCUT2D eigenvalue weighted by atomic mass is 9.89. The molecule has 0 aromatic heterocycles. The molecule has 3 heteroatoms. The van der Waals surface area contributed by atoms with Gasteiger partial charge in [-0.3, -0.25) is 0 Å². The first-order valence-corrected chi connectivity index (χ1v) is 10.2. The standard InChI is InChI=1S/C16H32O2Si/c1-13-8-7-10-15(12-13)19(17-3,18-4)16-11-6-5-9-14(16)2/h13-16H,5-12H2,1-4H3. The van der Waals surface area contributed by atoms with Gasteiger partial charge in [-0.2, -0.15) is 0 Å². The summed E-state index contributed by atoms with van der Waals surface area (Å²) in [6.45, 7) is 4.83. The highest BCUT2D eigenvalue weighted by Gasteiger charge is 2.53. The van der Waals surface area contributed by atoms with E-state index in [1.165, 1.54) is 51.4 Å². The van der Waals surface area contributed by atoms with Crippen molar-refractivity contribution in [1.82, 2.24) is 0 Å². The first-order valence-electron chi connectivity index (χ1n) is 8.24. The maximum atomic E-state index is 6.20. The predicted molar refractivity (Wildman–Crippen MR) is 82.5 cm³/mol. The molecule has 2 aliphatic rings. The number of hydrogen-bond donors (Lipinski definition) is 0. The van der Waals surface area contributed by atoms with E-state index in [-0.39, 0.29) is 0 Å². The zero-order valence-electron chi connectivity index (χ0n) is 13.3. The molecular weight excluding hydrogens is 252 g/mol. The summed E-state index contributed by atoms with van der Waals surface area (Å²) in [7, 11) is 1.81. The first-order chi connectivity index (χ1) is 9.14. The highest BCUT2D eigenvalue weighted by molar-refractivity contribution is 6.70. The Morgan fingerprint density at radius 3 is 2.11 bits per heavy atom. The molecule has 0 amide bonds. The van der Waals surface area contributed by atoms with E-state index in [0.29, 0.717) is 5.54 Å². The Balaban J connectivity index is 2.19. The molecule has 0 aliphatic heterocycles. The molecular formula is C16H32O2Si. The molecule has 0 aromatic carbocycles. The molecule has 2 saturated carbocycles. The Bertz CT molecular complexity index is 278. The summed E-state index contributed by atoms with van der Waals surface area (Å²) in [4.78, 5) is 0. The van der Waals surface area contributed by atoms with Gasteiger partial charge in [-0.05, 0) is 31.1 Å². The van der Waals surface area contributed by atoms with E-state index in [4.69, 9.17) is 8.85 Å². The van der Waals surface area contributed by atoms with Crippen LogP contribution in [0.1, 0.15) is 65.2 Å². The second-order valence-electron chi connectivity index (χ2n) is 6.97. The Morgan fingerprint density at radius 1 is 0.842 bits per heavy atom. The molecule has 112 valence electrons. The van der Waals surface area contributed by atoms with Crippen LogP contribution in [0.3, 0.4) is 0 Å². The molecule has 4 unspecified atom stereocenters. The molecule has 2 fully saturated rings. The van der Waals surface area contributed by atoms with Crippen LogP contribution in [0.25, 0.3) is 0 Å². The van der Waals surface area contributed by atoms with Gasteiger partial charge < -0.3 is 8.85 Å². The normalized spacial score (nSPS) is 37.3. The summed E-state index contributed by atoms with van der Waals surface area (Å²) >= 11 is 0. The average Bonchev–Trinajstić information content (AvgIpc) is 2.43. The Labute approximate surface area is 120 Å². The van der Waals surface area contributed by atoms with Gasteiger partial charge in [-0.15, -0.1) is 0 Å². The van der Waals surface area contributed by atoms with Crippen molar-refractivity contribution in [2.75, 3.05) is 14.2 Å². The molecule has 0 spiro atoms. The summed E-state index contributed by atoms with van der Waals surface area (Å²) in [5.41, 5.74) is 1.43. The van der Waals surface area contributed by atoms with Crippen LogP contribution in [0.4, 0.5) is 0 Å². The second-order valence-corrected chi connectivity index (χ2v) is 10.8. The van der Waals surface area contributed by atoms with Crippen LogP contribution in [0.15, 0.2) is 0 Å². The SMILES string of the molecule is CO[Si](OC)(C1CCCC(C)C1)C1CCCCC1C. The smallest absolute Gasteiger partial charge is 0.344 e. The summed E-state index contributed by atoms with van der Waals surface area (Å²) < 4.78 is 12.4.